The van der Waals surface area contributed by atoms with Crippen LogP contribution in [0, 0.1) is 0 Å². The summed E-state index contributed by atoms with van der Waals surface area (Å²) in [5.74, 6) is -0.313. The topological polar surface area (TPSA) is 43.6 Å². The van der Waals surface area contributed by atoms with E-state index in [4.69, 9.17) is 4.74 Å². The highest BCUT2D eigenvalue weighted by Gasteiger charge is 2.08. The zero-order chi connectivity index (χ0) is 20.1. The molecule has 0 atom stereocenters. The molecule has 29 heavy (non-hydrogen) atoms. The van der Waals surface area contributed by atoms with Crippen LogP contribution in [-0.4, -0.2) is 23.4 Å². The highest BCUT2D eigenvalue weighted by molar-refractivity contribution is 6.00. The molecule has 1 aromatic heterocycles. The van der Waals surface area contributed by atoms with Gasteiger partial charge in [0.15, 0.2) is 0 Å². The standard InChI is InChI=1S/C25H22N2O2/c1-2-29-25(28)20-12-14-22(15-13-20)26-16-21-18-27(17-19-8-4-3-5-9-19)24-11-7-6-10-23(21)24/h3-16,18H,2,17H2,1H3. The van der Waals surface area contributed by atoms with E-state index in [2.05, 4.69) is 58.2 Å². The number of aromatic nitrogens is 1. The predicted molar refractivity (Wildman–Crippen MR) is 117 cm³/mol. The molecule has 0 aliphatic rings. The summed E-state index contributed by atoms with van der Waals surface area (Å²) < 4.78 is 7.26. The molecule has 1 heterocycles. The fraction of sp³-hybridized carbons (Fsp3) is 0.120. The number of carbonyl (C=O) groups is 1. The molecular weight excluding hydrogens is 360 g/mol. The zero-order valence-corrected chi connectivity index (χ0v) is 16.3. The lowest BCUT2D eigenvalue weighted by Gasteiger charge is -2.05. The third-order valence-electron chi connectivity index (χ3n) is 4.75. The first-order chi connectivity index (χ1) is 14.2. The summed E-state index contributed by atoms with van der Waals surface area (Å²) in [6.07, 6.45) is 4.01. The van der Waals surface area contributed by atoms with Gasteiger partial charge < -0.3 is 9.30 Å². The number of para-hydroxylation sites is 1. The Morgan fingerprint density at radius 2 is 1.69 bits per heavy atom. The molecule has 0 fully saturated rings. The number of nitrogens with zero attached hydrogens (tertiary/aromatic N) is 2. The first-order valence-corrected chi connectivity index (χ1v) is 9.67. The summed E-state index contributed by atoms with van der Waals surface area (Å²) in [6.45, 7) is 2.97. The lowest BCUT2D eigenvalue weighted by molar-refractivity contribution is 0.0526. The number of ether oxygens (including phenoxy) is 1. The van der Waals surface area contributed by atoms with E-state index in [0.29, 0.717) is 12.2 Å². The van der Waals surface area contributed by atoms with E-state index in [1.54, 1.807) is 19.1 Å². The Morgan fingerprint density at radius 1 is 0.966 bits per heavy atom. The number of hydrogen-bond donors (Lipinski definition) is 0. The van der Waals surface area contributed by atoms with E-state index in [9.17, 15) is 4.79 Å². The molecule has 4 heteroatoms. The molecule has 0 radical (unpaired) electrons. The number of aliphatic imine (C=N–C) groups is 1. The van der Waals surface area contributed by atoms with Crippen LogP contribution in [0.4, 0.5) is 5.69 Å². The SMILES string of the molecule is CCOC(=O)c1ccc(N=Cc2cn(Cc3ccccc3)c3ccccc23)cc1. The minimum absolute atomic E-state index is 0.313. The number of carbonyl (C=O) groups excluding carboxylic acids is 1. The van der Waals surface area contributed by atoms with E-state index in [0.717, 1.165) is 23.2 Å². The van der Waals surface area contributed by atoms with Crippen molar-refractivity contribution in [3.63, 3.8) is 0 Å². The highest BCUT2D eigenvalue weighted by atomic mass is 16.5. The van der Waals surface area contributed by atoms with Gasteiger partial charge in [0, 0.05) is 35.4 Å². The Hall–Kier alpha value is -3.66. The van der Waals surface area contributed by atoms with Gasteiger partial charge in [-0.3, -0.25) is 4.99 Å². The van der Waals surface area contributed by atoms with Gasteiger partial charge in [-0.05, 0) is 42.8 Å². The maximum Gasteiger partial charge on any atom is 0.338 e. The van der Waals surface area contributed by atoms with E-state index in [-0.39, 0.29) is 5.97 Å². The van der Waals surface area contributed by atoms with E-state index in [1.807, 2.05) is 30.5 Å². The molecule has 4 nitrogen and oxygen atoms in total. The van der Waals surface area contributed by atoms with Crippen LogP contribution in [0.2, 0.25) is 0 Å². The van der Waals surface area contributed by atoms with Gasteiger partial charge in [-0.25, -0.2) is 4.79 Å². The second-order valence-electron chi connectivity index (χ2n) is 6.74. The molecule has 3 aromatic carbocycles. The molecular formula is C25H22N2O2. The van der Waals surface area contributed by atoms with Crippen molar-refractivity contribution in [3.05, 3.63) is 102 Å². The van der Waals surface area contributed by atoms with Crippen LogP contribution >= 0.6 is 0 Å². The fourth-order valence-corrected chi connectivity index (χ4v) is 3.33. The number of benzene rings is 3. The molecule has 0 bridgehead atoms. The van der Waals surface area contributed by atoms with Crippen molar-refractivity contribution in [2.75, 3.05) is 6.61 Å². The Kier molecular flexibility index (Phi) is 5.52. The predicted octanol–water partition coefficient (Wildman–Crippen LogP) is 5.62. The molecule has 0 spiro atoms. The average molecular weight is 382 g/mol. The van der Waals surface area contributed by atoms with Crippen LogP contribution in [0.15, 0.2) is 90.1 Å². The van der Waals surface area contributed by atoms with Crippen LogP contribution in [-0.2, 0) is 11.3 Å². The van der Waals surface area contributed by atoms with Crippen molar-refractivity contribution >= 4 is 28.8 Å². The summed E-state index contributed by atoms with van der Waals surface area (Å²) >= 11 is 0. The van der Waals surface area contributed by atoms with Gasteiger partial charge in [0.2, 0.25) is 0 Å². The summed E-state index contributed by atoms with van der Waals surface area (Å²) in [4.78, 5) is 16.4. The molecule has 0 N–H and O–H groups in total. The lowest BCUT2D eigenvalue weighted by atomic mass is 10.2. The summed E-state index contributed by atoms with van der Waals surface area (Å²) in [5, 5.41) is 1.16. The zero-order valence-electron chi connectivity index (χ0n) is 16.3. The third kappa shape index (κ3) is 4.27. The van der Waals surface area contributed by atoms with Gasteiger partial charge in [-0.2, -0.15) is 0 Å². The largest absolute Gasteiger partial charge is 0.462 e. The van der Waals surface area contributed by atoms with Crippen molar-refractivity contribution in [1.82, 2.24) is 4.57 Å². The Bertz CT molecular complexity index is 1140. The van der Waals surface area contributed by atoms with Crippen molar-refractivity contribution in [2.24, 2.45) is 4.99 Å². The normalized spacial score (nSPS) is 11.2. The average Bonchev–Trinajstić information content (AvgIpc) is 3.11. The van der Waals surface area contributed by atoms with Crippen LogP contribution in [0.1, 0.15) is 28.4 Å². The summed E-state index contributed by atoms with van der Waals surface area (Å²) in [6, 6.07) is 25.9. The highest BCUT2D eigenvalue weighted by Crippen LogP contribution is 2.22. The Morgan fingerprint density at radius 3 is 2.45 bits per heavy atom. The molecule has 0 amide bonds. The maximum atomic E-state index is 11.8. The van der Waals surface area contributed by atoms with Crippen LogP contribution in [0.5, 0.6) is 0 Å². The van der Waals surface area contributed by atoms with Crippen molar-refractivity contribution in [2.45, 2.75) is 13.5 Å². The van der Waals surface area contributed by atoms with Crippen LogP contribution < -0.4 is 0 Å². The molecule has 0 saturated carbocycles. The molecule has 144 valence electrons. The second kappa shape index (κ2) is 8.57. The van der Waals surface area contributed by atoms with Crippen molar-refractivity contribution in [1.29, 1.82) is 0 Å². The van der Waals surface area contributed by atoms with Gasteiger partial charge in [-0.1, -0.05) is 48.5 Å². The third-order valence-corrected chi connectivity index (χ3v) is 4.75. The molecule has 0 unspecified atom stereocenters. The summed E-state index contributed by atoms with van der Waals surface area (Å²) in [5.41, 5.74) is 4.82. The van der Waals surface area contributed by atoms with Gasteiger partial charge >= 0.3 is 5.97 Å². The minimum atomic E-state index is -0.313. The van der Waals surface area contributed by atoms with Crippen molar-refractivity contribution < 1.29 is 9.53 Å². The monoisotopic (exact) mass is 382 g/mol. The smallest absolute Gasteiger partial charge is 0.338 e. The number of hydrogen-bond acceptors (Lipinski definition) is 3. The van der Waals surface area contributed by atoms with E-state index in [1.165, 1.54) is 11.1 Å². The number of rotatable bonds is 6. The second-order valence-corrected chi connectivity index (χ2v) is 6.74. The van der Waals surface area contributed by atoms with Gasteiger partial charge in [0.1, 0.15) is 0 Å². The van der Waals surface area contributed by atoms with Crippen LogP contribution in [0.25, 0.3) is 10.9 Å². The Labute approximate surface area is 170 Å². The Balaban J connectivity index is 1.60. The first-order valence-electron chi connectivity index (χ1n) is 9.67. The van der Waals surface area contributed by atoms with E-state index < -0.39 is 0 Å². The fourth-order valence-electron chi connectivity index (χ4n) is 3.33. The molecule has 4 aromatic rings. The van der Waals surface area contributed by atoms with Gasteiger partial charge in [0.05, 0.1) is 17.9 Å². The molecule has 4 rings (SSSR count). The van der Waals surface area contributed by atoms with Gasteiger partial charge in [0.25, 0.3) is 0 Å². The maximum absolute atomic E-state index is 11.8. The summed E-state index contributed by atoms with van der Waals surface area (Å²) in [7, 11) is 0. The minimum Gasteiger partial charge on any atom is -0.462 e. The molecule has 0 aliphatic carbocycles. The molecule has 0 saturated heterocycles. The molecule has 0 aliphatic heterocycles. The van der Waals surface area contributed by atoms with E-state index >= 15 is 0 Å². The van der Waals surface area contributed by atoms with Gasteiger partial charge in [-0.15, -0.1) is 0 Å². The quantitative estimate of drug-likeness (QED) is 0.321. The van der Waals surface area contributed by atoms with Crippen molar-refractivity contribution in [3.8, 4) is 0 Å². The number of esters is 1. The number of fused-ring (bicyclic) bond motifs is 1. The first kappa shape index (κ1) is 18.7. The van der Waals surface area contributed by atoms with Crippen LogP contribution in [0.3, 0.4) is 0 Å². The lowest BCUT2D eigenvalue weighted by Crippen LogP contribution is -2.03.